The van der Waals surface area contributed by atoms with E-state index in [1.165, 1.54) is 5.57 Å². The summed E-state index contributed by atoms with van der Waals surface area (Å²) >= 11 is 0. The minimum Gasteiger partial charge on any atom is -0.478 e. The highest BCUT2D eigenvalue weighted by atomic mass is 16.5. The molecule has 1 aromatic rings. The van der Waals surface area contributed by atoms with E-state index >= 15 is 0 Å². The highest BCUT2D eigenvalue weighted by Gasteiger charge is 2.15. The Morgan fingerprint density at radius 2 is 2.38 bits per heavy atom. The number of anilines is 1. The van der Waals surface area contributed by atoms with Crippen LogP contribution >= 0.6 is 0 Å². The predicted octanol–water partition coefficient (Wildman–Crippen LogP) is 2.27. The summed E-state index contributed by atoms with van der Waals surface area (Å²) in [5.74, 6) is -0.00115. The summed E-state index contributed by atoms with van der Waals surface area (Å²) in [7, 11) is 1.71. The van der Waals surface area contributed by atoms with Gasteiger partial charge in [0, 0.05) is 32.5 Å². The first-order valence-electron chi connectivity index (χ1n) is 6.89. The van der Waals surface area contributed by atoms with Gasteiger partial charge in [-0.15, -0.1) is 0 Å². The van der Waals surface area contributed by atoms with Gasteiger partial charge in [0.1, 0.15) is 5.82 Å². The predicted molar refractivity (Wildman–Crippen MR) is 82.4 cm³/mol. The summed E-state index contributed by atoms with van der Waals surface area (Å²) < 4.78 is 5.15. The maximum atomic E-state index is 10.5. The molecule has 0 aromatic carbocycles. The zero-order chi connectivity index (χ0) is 15.2. The van der Waals surface area contributed by atoms with Gasteiger partial charge in [-0.2, -0.15) is 0 Å². The lowest BCUT2D eigenvalue weighted by Crippen LogP contribution is -2.30. The number of methoxy groups -OCH3 is 1. The van der Waals surface area contributed by atoms with Crippen molar-refractivity contribution in [1.29, 1.82) is 0 Å². The first-order chi connectivity index (χ1) is 10.1. The number of hydrogen-bond acceptors (Lipinski definition) is 4. The van der Waals surface area contributed by atoms with Gasteiger partial charge in [0.05, 0.1) is 6.61 Å². The molecular weight excluding hydrogens is 268 g/mol. The van der Waals surface area contributed by atoms with E-state index in [2.05, 4.69) is 16.0 Å². The third-order valence-corrected chi connectivity index (χ3v) is 3.42. The van der Waals surface area contributed by atoms with Gasteiger partial charge in [-0.05, 0) is 42.2 Å². The molecule has 0 saturated carbocycles. The molecule has 2 heterocycles. The number of pyridine rings is 1. The molecule has 0 radical (unpaired) electrons. The fraction of sp³-hybridized carbons (Fsp3) is 0.375. The van der Waals surface area contributed by atoms with Crippen LogP contribution in [-0.4, -0.2) is 42.9 Å². The molecule has 0 spiro atoms. The number of aryl methyl sites for hydroxylation is 1. The van der Waals surface area contributed by atoms with Crippen molar-refractivity contribution in [2.75, 3.05) is 31.7 Å². The number of aromatic nitrogens is 1. The molecule has 0 amide bonds. The van der Waals surface area contributed by atoms with E-state index in [1.807, 2.05) is 13.0 Å². The second-order valence-corrected chi connectivity index (χ2v) is 5.07. The number of carboxylic acids is 1. The van der Waals surface area contributed by atoms with E-state index in [0.717, 1.165) is 42.5 Å². The van der Waals surface area contributed by atoms with E-state index in [-0.39, 0.29) is 0 Å². The molecule has 112 valence electrons. The number of hydrogen-bond donors (Lipinski definition) is 1. The Morgan fingerprint density at radius 3 is 2.95 bits per heavy atom. The molecule has 1 aromatic heterocycles. The fourth-order valence-corrected chi connectivity index (χ4v) is 2.40. The average Bonchev–Trinajstić information content (AvgIpc) is 2.47. The Kier molecular flexibility index (Phi) is 5.11. The van der Waals surface area contributed by atoms with Gasteiger partial charge in [0.15, 0.2) is 0 Å². The summed E-state index contributed by atoms with van der Waals surface area (Å²) in [5.41, 5.74) is 3.17. The van der Waals surface area contributed by atoms with Crippen LogP contribution in [-0.2, 0) is 9.53 Å². The largest absolute Gasteiger partial charge is 0.478 e. The van der Waals surface area contributed by atoms with E-state index in [9.17, 15) is 4.79 Å². The quantitative estimate of drug-likeness (QED) is 0.665. The molecule has 1 aliphatic heterocycles. The summed E-state index contributed by atoms with van der Waals surface area (Å²) in [5, 5.41) is 8.64. The molecule has 5 nitrogen and oxygen atoms in total. The van der Waals surface area contributed by atoms with Gasteiger partial charge in [-0.3, -0.25) is 0 Å². The Bertz CT molecular complexity index is 579. The minimum absolute atomic E-state index is 0.694. The molecule has 1 N–H and O–H groups in total. The van der Waals surface area contributed by atoms with Crippen LogP contribution in [0.1, 0.15) is 17.5 Å². The Morgan fingerprint density at radius 1 is 1.57 bits per heavy atom. The maximum Gasteiger partial charge on any atom is 0.328 e. The van der Waals surface area contributed by atoms with Crippen LogP contribution in [0.3, 0.4) is 0 Å². The molecule has 0 saturated heterocycles. The van der Waals surface area contributed by atoms with E-state index in [1.54, 1.807) is 19.4 Å². The van der Waals surface area contributed by atoms with Gasteiger partial charge in [-0.25, -0.2) is 9.78 Å². The number of rotatable bonds is 5. The summed E-state index contributed by atoms with van der Waals surface area (Å²) in [6.45, 7) is 4.44. The number of carbonyl (C=O) groups is 1. The number of carboxylic acid groups (broad SMARTS) is 1. The van der Waals surface area contributed by atoms with Crippen molar-refractivity contribution in [2.45, 2.75) is 13.3 Å². The average molecular weight is 288 g/mol. The van der Waals surface area contributed by atoms with Crippen LogP contribution in [0, 0.1) is 6.92 Å². The Hall–Kier alpha value is -2.14. The van der Waals surface area contributed by atoms with E-state index in [4.69, 9.17) is 9.84 Å². The molecule has 5 heteroatoms. The highest BCUT2D eigenvalue weighted by molar-refractivity contribution is 5.85. The number of aliphatic carboxylic acids is 1. The molecule has 0 aliphatic carbocycles. The molecule has 1 aliphatic rings. The van der Waals surface area contributed by atoms with Gasteiger partial charge >= 0.3 is 5.97 Å². The van der Waals surface area contributed by atoms with Crippen LogP contribution in [0.5, 0.6) is 0 Å². The normalized spacial score (nSPS) is 15.3. The van der Waals surface area contributed by atoms with Crippen molar-refractivity contribution < 1.29 is 14.6 Å². The Balaban J connectivity index is 2.10. The van der Waals surface area contributed by atoms with Crippen molar-refractivity contribution in [3.8, 4) is 0 Å². The molecule has 0 atom stereocenters. The lowest BCUT2D eigenvalue weighted by molar-refractivity contribution is -0.131. The van der Waals surface area contributed by atoms with Gasteiger partial charge < -0.3 is 14.7 Å². The van der Waals surface area contributed by atoms with Crippen molar-refractivity contribution in [2.24, 2.45) is 0 Å². The van der Waals surface area contributed by atoms with Crippen LogP contribution in [0.4, 0.5) is 5.82 Å². The first-order valence-corrected chi connectivity index (χ1v) is 6.89. The Labute approximate surface area is 124 Å². The number of nitrogens with zero attached hydrogens (tertiary/aromatic N) is 2. The minimum atomic E-state index is -0.955. The maximum absolute atomic E-state index is 10.5. The molecule has 0 fully saturated rings. The molecular formula is C16H20N2O3. The van der Waals surface area contributed by atoms with Gasteiger partial charge in [-0.1, -0.05) is 6.08 Å². The smallest absolute Gasteiger partial charge is 0.328 e. The topological polar surface area (TPSA) is 62.7 Å². The zero-order valence-electron chi connectivity index (χ0n) is 12.4. The lowest BCUT2D eigenvalue weighted by Gasteiger charge is -2.28. The van der Waals surface area contributed by atoms with Crippen LogP contribution in [0.15, 0.2) is 30.0 Å². The molecule has 0 bridgehead atoms. The lowest BCUT2D eigenvalue weighted by atomic mass is 10.1. The fourth-order valence-electron chi connectivity index (χ4n) is 2.40. The zero-order valence-corrected chi connectivity index (χ0v) is 12.4. The highest BCUT2D eigenvalue weighted by Crippen LogP contribution is 2.22. The second kappa shape index (κ2) is 7.04. The van der Waals surface area contributed by atoms with E-state index in [0.29, 0.717) is 6.61 Å². The molecule has 21 heavy (non-hydrogen) atoms. The summed E-state index contributed by atoms with van der Waals surface area (Å²) in [6.07, 6.45) is 7.55. The second-order valence-electron chi connectivity index (χ2n) is 5.07. The monoisotopic (exact) mass is 288 g/mol. The third kappa shape index (κ3) is 4.16. The standard InChI is InChI=1S/C16H20N2O3/c1-12-9-14(3-4-15(19)20)10-17-16(12)18-7-5-13(6-8-18)11-21-2/h3-5,9-10H,6-8,11H2,1-2H3,(H,19,20)/b4-3+. The van der Waals surface area contributed by atoms with Crippen LogP contribution < -0.4 is 4.90 Å². The first kappa shape index (κ1) is 15.3. The van der Waals surface area contributed by atoms with Gasteiger partial charge in [0.2, 0.25) is 0 Å². The molecule has 0 unspecified atom stereocenters. The summed E-state index contributed by atoms with van der Waals surface area (Å²) in [4.78, 5) is 17.2. The van der Waals surface area contributed by atoms with Crippen LogP contribution in [0.25, 0.3) is 6.08 Å². The third-order valence-electron chi connectivity index (χ3n) is 3.42. The van der Waals surface area contributed by atoms with Gasteiger partial charge in [0.25, 0.3) is 0 Å². The molecule has 2 rings (SSSR count). The van der Waals surface area contributed by atoms with Crippen molar-refractivity contribution in [3.05, 3.63) is 41.1 Å². The van der Waals surface area contributed by atoms with Crippen molar-refractivity contribution in [3.63, 3.8) is 0 Å². The summed E-state index contributed by atoms with van der Waals surface area (Å²) in [6, 6.07) is 1.95. The van der Waals surface area contributed by atoms with Crippen molar-refractivity contribution in [1.82, 2.24) is 4.98 Å². The van der Waals surface area contributed by atoms with Crippen LogP contribution in [0.2, 0.25) is 0 Å². The SMILES string of the molecule is COCC1=CCN(c2ncc(/C=C/C(=O)O)cc2C)CC1. The van der Waals surface area contributed by atoms with E-state index < -0.39 is 5.97 Å². The number of ether oxygens (including phenoxy) is 1. The van der Waals surface area contributed by atoms with Crippen molar-refractivity contribution >= 4 is 17.9 Å².